The molecule has 30 heavy (non-hydrogen) atoms. The van der Waals surface area contributed by atoms with Crippen LogP contribution in [0.15, 0.2) is 42.3 Å². The van der Waals surface area contributed by atoms with Crippen LogP contribution in [0.2, 0.25) is 0 Å². The molecule has 0 aromatic carbocycles. The van der Waals surface area contributed by atoms with Crippen LogP contribution in [0.3, 0.4) is 0 Å². The molecule has 2 fully saturated rings. The fourth-order valence-corrected chi connectivity index (χ4v) is 4.41. The van der Waals surface area contributed by atoms with Crippen LogP contribution in [0.25, 0.3) is 27.9 Å². The Hall–Kier alpha value is -2.82. The van der Waals surface area contributed by atoms with Crippen LogP contribution >= 0.6 is 11.3 Å². The Balaban J connectivity index is 1.52. The Morgan fingerprint density at radius 2 is 2.17 bits per heavy atom. The smallest absolute Gasteiger partial charge is 0.411 e. The van der Waals surface area contributed by atoms with Crippen LogP contribution in [-0.4, -0.2) is 54.2 Å². The summed E-state index contributed by atoms with van der Waals surface area (Å²) in [7, 11) is 0. The minimum absolute atomic E-state index is 0.0320. The van der Waals surface area contributed by atoms with E-state index in [4.69, 9.17) is 9.72 Å². The van der Waals surface area contributed by atoms with Crippen molar-refractivity contribution in [1.29, 1.82) is 0 Å². The van der Waals surface area contributed by atoms with Gasteiger partial charge in [-0.3, -0.25) is 4.74 Å². The van der Waals surface area contributed by atoms with Crippen molar-refractivity contribution in [3.8, 4) is 11.3 Å². The van der Waals surface area contributed by atoms with E-state index in [1.54, 1.807) is 23.7 Å². The number of halogens is 2. The van der Waals surface area contributed by atoms with Crippen molar-refractivity contribution in [3.63, 3.8) is 0 Å². The number of H-pyrrole nitrogens is 1. The second kappa shape index (κ2) is 7.46. The maximum atomic E-state index is 13.3. The number of allylic oxidation sites excluding steroid dienone is 2. The first-order chi connectivity index (χ1) is 14.5. The highest BCUT2D eigenvalue weighted by Gasteiger charge is 2.42. The van der Waals surface area contributed by atoms with Gasteiger partial charge in [0.2, 0.25) is 0 Å². The largest absolute Gasteiger partial charge is 0.535 e. The molecule has 0 radical (unpaired) electrons. The number of aromatic amines is 1. The molecule has 3 aromatic heterocycles. The van der Waals surface area contributed by atoms with Gasteiger partial charge in [0.05, 0.1) is 18.9 Å². The quantitative estimate of drug-likeness (QED) is 0.672. The minimum Gasteiger partial charge on any atom is -0.411 e. The number of alkyl halides is 2. The summed E-state index contributed by atoms with van der Waals surface area (Å²) in [5.41, 5.74) is 3.37. The third-order valence-electron chi connectivity index (χ3n) is 5.01. The molecule has 2 aliphatic heterocycles. The van der Waals surface area contributed by atoms with Gasteiger partial charge < -0.3 is 19.4 Å². The molecule has 0 spiro atoms. The van der Waals surface area contributed by atoms with Gasteiger partial charge in [0.1, 0.15) is 18.0 Å². The summed E-state index contributed by atoms with van der Waals surface area (Å²) in [5.74, 6) is 0.0320. The van der Waals surface area contributed by atoms with Crippen LogP contribution in [0.1, 0.15) is 5.56 Å². The Bertz CT molecular complexity index is 1130. The summed E-state index contributed by atoms with van der Waals surface area (Å²) in [5, 5.41) is 3.69. The summed E-state index contributed by atoms with van der Waals surface area (Å²) >= 11 is 1.57. The van der Waals surface area contributed by atoms with Gasteiger partial charge in [-0.25, -0.2) is 9.97 Å². The van der Waals surface area contributed by atoms with Crippen LogP contribution in [0, 0.1) is 0 Å². The summed E-state index contributed by atoms with van der Waals surface area (Å²) in [6, 6.07) is 1.93. The lowest BCUT2D eigenvalue weighted by Crippen LogP contribution is -2.36. The molecule has 0 amide bonds. The standard InChI is InChI=1S/C20H18F2N4O3S/c1-2-13(17-10-28-20(21,22)29-17)15-9-24-18-14(15)7-12(8-23-18)16-11-30-19(25-16)26-3-5-27-6-4-26/h2,7-9,11H,1,3-6,10H2,(H,23,24)/b17-13-. The predicted molar refractivity (Wildman–Crippen MR) is 109 cm³/mol. The van der Waals surface area contributed by atoms with Crippen molar-refractivity contribution in [2.24, 2.45) is 0 Å². The Morgan fingerprint density at radius 3 is 2.90 bits per heavy atom. The Labute approximate surface area is 174 Å². The average molecular weight is 432 g/mol. The molecule has 5 rings (SSSR count). The highest BCUT2D eigenvalue weighted by atomic mass is 32.1. The molecular formula is C20H18F2N4O3S. The molecule has 0 aliphatic carbocycles. The number of rotatable bonds is 4. The van der Waals surface area contributed by atoms with Gasteiger partial charge in [-0.15, -0.1) is 20.1 Å². The zero-order chi connectivity index (χ0) is 20.7. The zero-order valence-electron chi connectivity index (χ0n) is 15.9. The van der Waals surface area contributed by atoms with E-state index < -0.39 is 6.29 Å². The number of morpholine rings is 1. The molecule has 10 heteroatoms. The van der Waals surface area contributed by atoms with Gasteiger partial charge in [-0.2, -0.15) is 0 Å². The van der Waals surface area contributed by atoms with Crippen LogP contribution in [0.5, 0.6) is 0 Å². The van der Waals surface area contributed by atoms with Crippen LogP contribution < -0.4 is 4.90 Å². The van der Waals surface area contributed by atoms with Crippen molar-refractivity contribution in [2.45, 2.75) is 6.29 Å². The summed E-state index contributed by atoms with van der Waals surface area (Å²) in [6.07, 6.45) is 1.29. The van der Waals surface area contributed by atoms with Crippen molar-refractivity contribution < 1.29 is 23.0 Å². The maximum absolute atomic E-state index is 13.3. The first-order valence-electron chi connectivity index (χ1n) is 9.36. The number of fused-ring (bicyclic) bond motifs is 1. The summed E-state index contributed by atoms with van der Waals surface area (Å²) in [4.78, 5) is 14.5. The SMILES string of the molecule is C=C/C(=C1\COC(F)(F)O1)c1c[nH]c2ncc(-c3csc(N4CCOCC4)n3)cc12. The topological polar surface area (TPSA) is 72.5 Å². The lowest BCUT2D eigenvalue weighted by Gasteiger charge is -2.26. The van der Waals surface area contributed by atoms with Gasteiger partial charge in [0.25, 0.3) is 0 Å². The Kier molecular flexibility index (Phi) is 4.76. The van der Waals surface area contributed by atoms with Gasteiger partial charge in [-0.1, -0.05) is 12.7 Å². The van der Waals surface area contributed by atoms with E-state index in [0.29, 0.717) is 30.0 Å². The number of thiazole rings is 1. The normalized spacial score (nSPS) is 20.4. The van der Waals surface area contributed by atoms with E-state index >= 15 is 0 Å². The van der Waals surface area contributed by atoms with E-state index in [1.807, 2.05) is 11.4 Å². The monoisotopic (exact) mass is 432 g/mol. The minimum atomic E-state index is -3.63. The van der Waals surface area contributed by atoms with Gasteiger partial charge >= 0.3 is 6.29 Å². The summed E-state index contributed by atoms with van der Waals surface area (Å²) < 4.78 is 41.1. The average Bonchev–Trinajstić information content (AvgIpc) is 3.48. The maximum Gasteiger partial charge on any atom is 0.535 e. The molecule has 0 saturated carbocycles. The predicted octanol–water partition coefficient (Wildman–Crippen LogP) is 4.02. The van der Waals surface area contributed by atoms with E-state index in [9.17, 15) is 8.78 Å². The van der Waals surface area contributed by atoms with Crippen LogP contribution in [-0.2, 0) is 14.2 Å². The van der Waals surface area contributed by atoms with Gasteiger partial charge in [0.15, 0.2) is 5.13 Å². The molecule has 7 nitrogen and oxygen atoms in total. The van der Waals surface area contributed by atoms with Crippen LogP contribution in [0.4, 0.5) is 13.9 Å². The molecule has 2 aliphatic rings. The third kappa shape index (κ3) is 3.47. The summed E-state index contributed by atoms with van der Waals surface area (Å²) in [6.45, 7) is 6.44. The van der Waals surface area contributed by atoms with Crippen molar-refractivity contribution in [2.75, 3.05) is 37.8 Å². The van der Waals surface area contributed by atoms with Gasteiger partial charge in [0, 0.05) is 52.9 Å². The number of nitrogens with zero attached hydrogens (tertiary/aromatic N) is 3. The molecule has 1 N–H and O–H groups in total. The second-order valence-corrected chi connectivity index (χ2v) is 7.67. The number of hydrogen-bond acceptors (Lipinski definition) is 7. The molecule has 0 unspecified atom stereocenters. The lowest BCUT2D eigenvalue weighted by molar-refractivity contribution is -0.333. The number of ether oxygens (including phenoxy) is 3. The Morgan fingerprint density at radius 1 is 1.33 bits per heavy atom. The van der Waals surface area contributed by atoms with Crippen molar-refractivity contribution in [3.05, 3.63) is 47.8 Å². The fraction of sp³-hybridized carbons (Fsp3) is 0.300. The number of aromatic nitrogens is 3. The van der Waals surface area contributed by atoms with E-state index in [2.05, 4.69) is 30.9 Å². The number of hydrogen-bond donors (Lipinski definition) is 1. The molecule has 0 bridgehead atoms. The number of anilines is 1. The number of nitrogens with one attached hydrogen (secondary N) is 1. The van der Waals surface area contributed by atoms with Crippen molar-refractivity contribution >= 4 is 33.1 Å². The third-order valence-corrected chi connectivity index (χ3v) is 5.91. The van der Waals surface area contributed by atoms with E-state index in [-0.39, 0.29) is 12.4 Å². The second-order valence-electron chi connectivity index (χ2n) is 6.83. The van der Waals surface area contributed by atoms with Crippen molar-refractivity contribution in [1.82, 2.24) is 15.0 Å². The van der Waals surface area contributed by atoms with E-state index in [1.165, 1.54) is 6.08 Å². The molecule has 2 saturated heterocycles. The lowest BCUT2D eigenvalue weighted by atomic mass is 10.0. The first kappa shape index (κ1) is 19.2. The first-order valence-corrected chi connectivity index (χ1v) is 10.2. The van der Waals surface area contributed by atoms with Gasteiger partial charge in [-0.05, 0) is 6.07 Å². The zero-order valence-corrected chi connectivity index (χ0v) is 16.7. The molecule has 3 aromatic rings. The van der Waals surface area contributed by atoms with E-state index in [0.717, 1.165) is 34.9 Å². The molecule has 5 heterocycles. The fourth-order valence-electron chi connectivity index (χ4n) is 3.52. The molecule has 156 valence electrons. The number of pyridine rings is 1. The molecule has 0 atom stereocenters. The molecular weight excluding hydrogens is 414 g/mol. The highest BCUT2D eigenvalue weighted by molar-refractivity contribution is 7.14. The highest BCUT2D eigenvalue weighted by Crippen LogP contribution is 2.37.